The van der Waals surface area contributed by atoms with Gasteiger partial charge < -0.3 is 19.7 Å². The fraction of sp³-hybridized carbons (Fsp3) is 0.550. The Morgan fingerprint density at radius 2 is 2.15 bits per heavy atom. The number of nitrogens with one attached hydrogen (secondary N) is 1. The summed E-state index contributed by atoms with van der Waals surface area (Å²) >= 11 is 0. The molecule has 0 aromatic heterocycles. The molecule has 144 valence electrons. The highest BCUT2D eigenvalue weighted by molar-refractivity contribution is 5.99. The van der Waals surface area contributed by atoms with Crippen LogP contribution in [0.5, 0.6) is 5.75 Å². The zero-order valence-corrected chi connectivity index (χ0v) is 15.6. The highest BCUT2D eigenvalue weighted by atomic mass is 16.5. The quantitative estimate of drug-likeness (QED) is 0.820. The van der Waals surface area contributed by atoms with E-state index in [1.54, 1.807) is 18.2 Å². The number of rotatable bonds is 4. The first-order chi connectivity index (χ1) is 13.0. The molecule has 7 nitrogen and oxygen atoms in total. The van der Waals surface area contributed by atoms with E-state index >= 15 is 0 Å². The van der Waals surface area contributed by atoms with Gasteiger partial charge in [0.05, 0.1) is 17.7 Å². The number of hydrogen-bond donors (Lipinski definition) is 1. The number of fused-ring (bicyclic) bond motifs is 3. The smallest absolute Gasteiger partial charge is 0.314 e. The summed E-state index contributed by atoms with van der Waals surface area (Å²) in [6, 6.07) is 4.99. The van der Waals surface area contributed by atoms with Crippen molar-refractivity contribution in [1.29, 1.82) is 0 Å². The molecule has 7 heteroatoms. The molecular weight excluding hydrogens is 348 g/mol. The van der Waals surface area contributed by atoms with Crippen molar-refractivity contribution in [2.75, 3.05) is 18.5 Å². The highest BCUT2D eigenvalue weighted by Gasteiger charge is 2.61. The molecule has 0 aliphatic carbocycles. The minimum atomic E-state index is -0.604. The van der Waals surface area contributed by atoms with Crippen LogP contribution in [0.2, 0.25) is 0 Å². The average molecular weight is 372 g/mol. The van der Waals surface area contributed by atoms with E-state index in [4.69, 9.17) is 9.47 Å². The summed E-state index contributed by atoms with van der Waals surface area (Å²) in [5.41, 5.74) is 0.479. The highest BCUT2D eigenvalue weighted by Crippen LogP contribution is 2.53. The molecule has 0 spiro atoms. The van der Waals surface area contributed by atoms with E-state index in [1.807, 2.05) is 18.7 Å². The molecule has 4 rings (SSSR count). The van der Waals surface area contributed by atoms with Crippen molar-refractivity contribution < 1.29 is 23.9 Å². The van der Waals surface area contributed by atoms with Gasteiger partial charge in [0.1, 0.15) is 5.75 Å². The van der Waals surface area contributed by atoms with Crippen LogP contribution in [0.15, 0.2) is 18.2 Å². The van der Waals surface area contributed by atoms with E-state index in [-0.39, 0.29) is 36.5 Å². The minimum Gasteiger partial charge on any atom is -0.482 e. The first-order valence-corrected chi connectivity index (χ1v) is 9.56. The molecule has 3 heterocycles. The van der Waals surface area contributed by atoms with E-state index in [0.717, 1.165) is 12.8 Å². The second kappa shape index (κ2) is 6.55. The number of benzene rings is 1. The van der Waals surface area contributed by atoms with Gasteiger partial charge in [-0.1, -0.05) is 6.92 Å². The Labute approximate surface area is 158 Å². The number of hydrogen-bond acceptors (Lipinski definition) is 5. The third kappa shape index (κ3) is 2.67. The standard InChI is InChI=1S/C20H24N2O5/c1-3-20(19(25)26-4-2)10-13-6-8-16(20)22(13)18(24)12-5-7-14-15(9-12)27-11-17(23)21-14/h5,7,9,13,16H,3-4,6,8,10-11H2,1-2H3,(H,21,23)/t13-,16+,20+/m1/s1. The fourth-order valence-corrected chi connectivity index (χ4v) is 4.86. The molecule has 27 heavy (non-hydrogen) atoms. The Kier molecular flexibility index (Phi) is 4.32. The van der Waals surface area contributed by atoms with Crippen molar-refractivity contribution in [3.05, 3.63) is 23.8 Å². The average Bonchev–Trinajstić information content (AvgIpc) is 3.23. The molecule has 1 aromatic rings. The molecule has 2 saturated heterocycles. The first-order valence-electron chi connectivity index (χ1n) is 9.56. The lowest BCUT2D eigenvalue weighted by atomic mass is 9.72. The van der Waals surface area contributed by atoms with Gasteiger partial charge in [-0.05, 0) is 50.8 Å². The van der Waals surface area contributed by atoms with Crippen molar-refractivity contribution in [2.45, 2.75) is 51.6 Å². The van der Waals surface area contributed by atoms with Gasteiger partial charge >= 0.3 is 5.97 Å². The lowest BCUT2D eigenvalue weighted by Crippen LogP contribution is -2.45. The summed E-state index contributed by atoms with van der Waals surface area (Å²) in [6.07, 6.45) is 3.06. The number of carbonyl (C=O) groups excluding carboxylic acids is 3. The molecule has 0 unspecified atom stereocenters. The Bertz CT molecular complexity index is 808. The monoisotopic (exact) mass is 372 g/mol. The predicted octanol–water partition coefficient (Wildman–Crippen LogP) is 2.35. The molecule has 2 bridgehead atoms. The Hall–Kier alpha value is -2.57. The largest absolute Gasteiger partial charge is 0.482 e. The molecule has 3 atom stereocenters. The predicted molar refractivity (Wildman–Crippen MR) is 97.5 cm³/mol. The number of anilines is 1. The lowest BCUT2D eigenvalue weighted by molar-refractivity contribution is -0.157. The molecule has 0 saturated carbocycles. The Morgan fingerprint density at radius 3 is 2.89 bits per heavy atom. The summed E-state index contributed by atoms with van der Waals surface area (Å²) in [6.45, 7) is 4.10. The van der Waals surface area contributed by atoms with Crippen molar-refractivity contribution in [3.8, 4) is 5.75 Å². The SMILES string of the molecule is CCOC(=O)[C@@]1(CC)C[C@H]2CC[C@@H]1N2C(=O)c1ccc2c(c1)OCC(=O)N2. The number of ether oxygens (including phenoxy) is 2. The van der Waals surface area contributed by atoms with Crippen LogP contribution in [-0.4, -0.2) is 48.0 Å². The van der Waals surface area contributed by atoms with Crippen LogP contribution in [-0.2, 0) is 14.3 Å². The van der Waals surface area contributed by atoms with E-state index in [1.165, 1.54) is 0 Å². The lowest BCUT2D eigenvalue weighted by Gasteiger charge is -2.34. The number of esters is 1. The van der Waals surface area contributed by atoms with Gasteiger partial charge in [-0.15, -0.1) is 0 Å². The van der Waals surface area contributed by atoms with Gasteiger partial charge in [0.25, 0.3) is 11.8 Å². The third-order valence-electron chi connectivity index (χ3n) is 6.15. The molecule has 1 N–H and O–H groups in total. The topological polar surface area (TPSA) is 84.9 Å². The van der Waals surface area contributed by atoms with Crippen molar-refractivity contribution in [1.82, 2.24) is 4.90 Å². The van der Waals surface area contributed by atoms with E-state index in [2.05, 4.69) is 5.32 Å². The normalized spacial score (nSPS) is 28.4. The number of amides is 2. The zero-order valence-electron chi connectivity index (χ0n) is 15.6. The summed E-state index contributed by atoms with van der Waals surface area (Å²) in [7, 11) is 0. The maximum Gasteiger partial charge on any atom is 0.314 e. The summed E-state index contributed by atoms with van der Waals surface area (Å²) in [5, 5.41) is 2.73. The van der Waals surface area contributed by atoms with Gasteiger partial charge in [0, 0.05) is 17.6 Å². The van der Waals surface area contributed by atoms with Crippen LogP contribution in [0.4, 0.5) is 5.69 Å². The molecule has 2 fully saturated rings. The van der Waals surface area contributed by atoms with Crippen molar-refractivity contribution in [2.24, 2.45) is 5.41 Å². The van der Waals surface area contributed by atoms with Crippen LogP contribution in [0.1, 0.15) is 49.9 Å². The fourth-order valence-electron chi connectivity index (χ4n) is 4.86. The number of nitrogens with zero attached hydrogens (tertiary/aromatic N) is 1. The second-order valence-electron chi connectivity index (χ2n) is 7.44. The van der Waals surface area contributed by atoms with Gasteiger partial charge in [-0.25, -0.2) is 0 Å². The second-order valence-corrected chi connectivity index (χ2v) is 7.44. The van der Waals surface area contributed by atoms with Gasteiger partial charge in [0.2, 0.25) is 0 Å². The van der Waals surface area contributed by atoms with Crippen LogP contribution in [0, 0.1) is 5.41 Å². The molecular formula is C20H24N2O5. The summed E-state index contributed by atoms with van der Waals surface area (Å²) in [5.74, 6) is 0.0138. The Balaban J connectivity index is 1.61. The third-order valence-corrected chi connectivity index (χ3v) is 6.15. The van der Waals surface area contributed by atoms with Crippen LogP contribution >= 0.6 is 0 Å². The van der Waals surface area contributed by atoms with Crippen LogP contribution in [0.3, 0.4) is 0 Å². The summed E-state index contributed by atoms with van der Waals surface area (Å²) in [4.78, 5) is 39.3. The van der Waals surface area contributed by atoms with Crippen molar-refractivity contribution >= 4 is 23.5 Å². The van der Waals surface area contributed by atoms with Gasteiger partial charge in [-0.2, -0.15) is 0 Å². The zero-order chi connectivity index (χ0) is 19.2. The molecule has 0 radical (unpaired) electrons. The summed E-state index contributed by atoms with van der Waals surface area (Å²) < 4.78 is 10.8. The number of carbonyl (C=O) groups is 3. The Morgan fingerprint density at radius 1 is 1.33 bits per heavy atom. The first kappa shape index (κ1) is 17.8. The van der Waals surface area contributed by atoms with Crippen molar-refractivity contribution in [3.63, 3.8) is 0 Å². The molecule has 3 aliphatic heterocycles. The molecule has 3 aliphatic rings. The minimum absolute atomic E-state index is 0.0542. The maximum absolute atomic E-state index is 13.3. The molecule has 1 aromatic carbocycles. The van der Waals surface area contributed by atoms with E-state index in [0.29, 0.717) is 36.4 Å². The van der Waals surface area contributed by atoms with Crippen LogP contribution < -0.4 is 10.1 Å². The van der Waals surface area contributed by atoms with E-state index in [9.17, 15) is 14.4 Å². The van der Waals surface area contributed by atoms with E-state index < -0.39 is 5.41 Å². The van der Waals surface area contributed by atoms with Gasteiger partial charge in [-0.3, -0.25) is 14.4 Å². The maximum atomic E-state index is 13.3. The van der Waals surface area contributed by atoms with Gasteiger partial charge in [0.15, 0.2) is 6.61 Å². The molecule has 2 amide bonds. The van der Waals surface area contributed by atoms with Crippen LogP contribution in [0.25, 0.3) is 0 Å².